The summed E-state index contributed by atoms with van der Waals surface area (Å²) < 4.78 is 10.7. The molecule has 0 aliphatic carbocycles. The smallest absolute Gasteiger partial charge is 0.231 e. The van der Waals surface area contributed by atoms with Gasteiger partial charge in [-0.1, -0.05) is 18.0 Å². The van der Waals surface area contributed by atoms with Crippen LogP contribution in [-0.2, 0) is 6.54 Å². The largest absolute Gasteiger partial charge is 0.454 e. The summed E-state index contributed by atoms with van der Waals surface area (Å²) in [7, 11) is 0. The van der Waals surface area contributed by atoms with Gasteiger partial charge in [0.25, 0.3) is 0 Å². The highest BCUT2D eigenvalue weighted by molar-refractivity contribution is 6.31. The predicted octanol–water partition coefficient (Wildman–Crippen LogP) is 2.01. The molecule has 2 aliphatic heterocycles. The fourth-order valence-electron chi connectivity index (χ4n) is 3.10. The van der Waals surface area contributed by atoms with E-state index in [-0.39, 0.29) is 13.4 Å². The lowest BCUT2D eigenvalue weighted by molar-refractivity contribution is 0.0910. The van der Waals surface area contributed by atoms with Crippen molar-refractivity contribution in [2.75, 3.05) is 33.0 Å². The highest BCUT2D eigenvalue weighted by atomic mass is 35.5. The molecule has 5 nitrogen and oxygen atoms in total. The minimum Gasteiger partial charge on any atom is -0.454 e. The second kappa shape index (κ2) is 7.51. The Balaban J connectivity index is 1.47. The Hall–Kier alpha value is -1.01. The van der Waals surface area contributed by atoms with Gasteiger partial charge in [-0.25, -0.2) is 0 Å². The maximum atomic E-state index is 9.42. The number of nitrogens with zero attached hydrogens (tertiary/aromatic N) is 1. The first kappa shape index (κ1) is 15.9. The quantitative estimate of drug-likeness (QED) is 0.783. The average Bonchev–Trinajstić information content (AvgIpc) is 2.99. The van der Waals surface area contributed by atoms with Crippen LogP contribution < -0.4 is 14.8 Å². The molecule has 0 spiro atoms. The molecule has 2 aliphatic rings. The lowest BCUT2D eigenvalue weighted by atomic mass is 10.0. The fraction of sp³-hybridized carbons (Fsp3) is 0.625. The van der Waals surface area contributed by atoms with E-state index in [0.717, 1.165) is 37.4 Å². The second-order valence-corrected chi connectivity index (χ2v) is 6.25. The van der Waals surface area contributed by atoms with Gasteiger partial charge in [0.1, 0.15) is 0 Å². The van der Waals surface area contributed by atoms with Gasteiger partial charge in [0.05, 0.1) is 6.61 Å². The van der Waals surface area contributed by atoms with Crippen LogP contribution in [0.1, 0.15) is 24.8 Å². The number of hydrogen-bond acceptors (Lipinski definition) is 5. The third-order valence-electron chi connectivity index (χ3n) is 4.39. The highest BCUT2D eigenvalue weighted by Crippen LogP contribution is 2.36. The zero-order valence-electron chi connectivity index (χ0n) is 12.7. The SMILES string of the molecule is OCC1CCCCN1CCNCc1cc2c(cc1Cl)OCO2. The van der Waals surface area contributed by atoms with Crippen molar-refractivity contribution >= 4 is 11.6 Å². The summed E-state index contributed by atoms with van der Waals surface area (Å²) in [5.74, 6) is 1.48. The number of benzene rings is 1. The van der Waals surface area contributed by atoms with E-state index in [1.807, 2.05) is 12.1 Å². The van der Waals surface area contributed by atoms with E-state index in [4.69, 9.17) is 21.1 Å². The molecule has 1 aromatic carbocycles. The Labute approximate surface area is 136 Å². The number of piperidine rings is 1. The fourth-order valence-corrected chi connectivity index (χ4v) is 3.32. The van der Waals surface area contributed by atoms with Crippen molar-refractivity contribution in [1.29, 1.82) is 0 Å². The summed E-state index contributed by atoms with van der Waals surface area (Å²) in [6, 6.07) is 4.08. The van der Waals surface area contributed by atoms with Gasteiger partial charge >= 0.3 is 0 Å². The first-order valence-electron chi connectivity index (χ1n) is 7.91. The standard InChI is InChI=1S/C16H23ClN2O3/c17-14-8-16-15(21-11-22-16)7-12(14)9-18-4-6-19-5-2-1-3-13(19)10-20/h7-8,13,18,20H,1-6,9-11H2. The van der Waals surface area contributed by atoms with Gasteiger partial charge in [0.15, 0.2) is 11.5 Å². The summed E-state index contributed by atoms with van der Waals surface area (Å²) in [4.78, 5) is 2.37. The summed E-state index contributed by atoms with van der Waals surface area (Å²) >= 11 is 6.26. The van der Waals surface area contributed by atoms with Gasteiger partial charge in [0, 0.05) is 36.8 Å². The van der Waals surface area contributed by atoms with Crippen molar-refractivity contribution in [3.63, 3.8) is 0 Å². The number of hydrogen-bond donors (Lipinski definition) is 2. The predicted molar refractivity (Wildman–Crippen MR) is 85.6 cm³/mol. The van der Waals surface area contributed by atoms with Crippen LogP contribution in [0.4, 0.5) is 0 Å². The Bertz CT molecular complexity index is 512. The van der Waals surface area contributed by atoms with E-state index in [1.54, 1.807) is 0 Å². The molecule has 1 saturated heterocycles. The van der Waals surface area contributed by atoms with Gasteiger partial charge in [-0.2, -0.15) is 0 Å². The highest BCUT2D eigenvalue weighted by Gasteiger charge is 2.21. The number of halogens is 1. The van der Waals surface area contributed by atoms with Crippen LogP contribution in [0.25, 0.3) is 0 Å². The number of nitrogens with one attached hydrogen (secondary N) is 1. The number of rotatable bonds is 6. The van der Waals surface area contributed by atoms with Crippen LogP contribution in [0.5, 0.6) is 11.5 Å². The topological polar surface area (TPSA) is 54.0 Å². The number of aliphatic hydroxyl groups is 1. The molecule has 0 amide bonds. The third kappa shape index (κ3) is 3.66. The molecule has 2 heterocycles. The van der Waals surface area contributed by atoms with Crippen molar-refractivity contribution in [1.82, 2.24) is 10.2 Å². The average molecular weight is 327 g/mol. The molecule has 0 radical (unpaired) electrons. The van der Waals surface area contributed by atoms with Gasteiger partial charge in [-0.15, -0.1) is 0 Å². The molecule has 3 rings (SSSR count). The van der Waals surface area contributed by atoms with Crippen molar-refractivity contribution in [2.24, 2.45) is 0 Å². The molecule has 0 bridgehead atoms. The Kier molecular flexibility index (Phi) is 5.41. The third-order valence-corrected chi connectivity index (χ3v) is 4.74. The number of likely N-dealkylation sites (tertiary alicyclic amines) is 1. The van der Waals surface area contributed by atoms with Crippen molar-refractivity contribution in [3.8, 4) is 11.5 Å². The molecule has 6 heteroatoms. The van der Waals surface area contributed by atoms with Gasteiger partial charge in [-0.3, -0.25) is 4.90 Å². The van der Waals surface area contributed by atoms with E-state index in [0.29, 0.717) is 23.4 Å². The van der Waals surface area contributed by atoms with E-state index in [1.165, 1.54) is 12.8 Å². The van der Waals surface area contributed by atoms with Gasteiger partial charge in [-0.05, 0) is 31.0 Å². The van der Waals surface area contributed by atoms with Crippen LogP contribution in [0.2, 0.25) is 5.02 Å². The van der Waals surface area contributed by atoms with Crippen LogP contribution in [0.15, 0.2) is 12.1 Å². The normalized spacial score (nSPS) is 21.3. The van der Waals surface area contributed by atoms with Crippen molar-refractivity contribution in [2.45, 2.75) is 31.8 Å². The zero-order valence-corrected chi connectivity index (χ0v) is 13.4. The first-order valence-corrected chi connectivity index (χ1v) is 8.29. The van der Waals surface area contributed by atoms with Crippen LogP contribution in [0.3, 0.4) is 0 Å². The van der Waals surface area contributed by atoms with Gasteiger partial charge < -0.3 is 19.9 Å². The minimum atomic E-state index is 0.258. The van der Waals surface area contributed by atoms with E-state index in [2.05, 4.69) is 10.2 Å². The molecule has 1 unspecified atom stereocenters. The summed E-state index contributed by atoms with van der Waals surface area (Å²) in [6.07, 6.45) is 3.55. The molecule has 2 N–H and O–H groups in total. The zero-order chi connectivity index (χ0) is 15.4. The van der Waals surface area contributed by atoms with Crippen LogP contribution >= 0.6 is 11.6 Å². The lowest BCUT2D eigenvalue weighted by Gasteiger charge is -2.34. The number of aliphatic hydroxyl groups excluding tert-OH is 1. The molecule has 1 fully saturated rings. The molecule has 1 atom stereocenters. The van der Waals surface area contributed by atoms with Crippen molar-refractivity contribution < 1.29 is 14.6 Å². The van der Waals surface area contributed by atoms with Crippen molar-refractivity contribution in [3.05, 3.63) is 22.7 Å². The Morgan fingerprint density at radius 3 is 2.91 bits per heavy atom. The monoisotopic (exact) mass is 326 g/mol. The summed E-state index contributed by atoms with van der Waals surface area (Å²) in [5, 5.41) is 13.5. The van der Waals surface area contributed by atoms with E-state index >= 15 is 0 Å². The van der Waals surface area contributed by atoms with Crippen LogP contribution in [0, 0.1) is 0 Å². The van der Waals surface area contributed by atoms with E-state index in [9.17, 15) is 5.11 Å². The van der Waals surface area contributed by atoms with Crippen LogP contribution in [-0.4, -0.2) is 49.1 Å². The lowest BCUT2D eigenvalue weighted by Crippen LogP contribution is -2.44. The molecule has 1 aromatic rings. The van der Waals surface area contributed by atoms with E-state index < -0.39 is 0 Å². The van der Waals surface area contributed by atoms with Gasteiger partial charge in [0.2, 0.25) is 6.79 Å². The molecule has 0 aromatic heterocycles. The second-order valence-electron chi connectivity index (χ2n) is 5.84. The first-order chi connectivity index (χ1) is 10.8. The number of fused-ring (bicyclic) bond motifs is 1. The minimum absolute atomic E-state index is 0.258. The Morgan fingerprint density at radius 2 is 2.09 bits per heavy atom. The number of ether oxygens (including phenoxy) is 2. The summed E-state index contributed by atoms with van der Waals surface area (Å²) in [5.41, 5.74) is 1.02. The maximum Gasteiger partial charge on any atom is 0.231 e. The maximum absolute atomic E-state index is 9.42. The molecule has 122 valence electrons. The summed E-state index contributed by atoms with van der Waals surface area (Å²) in [6.45, 7) is 4.13. The molecular weight excluding hydrogens is 304 g/mol. The molecule has 22 heavy (non-hydrogen) atoms. The molecule has 0 saturated carbocycles. The Morgan fingerprint density at radius 1 is 1.27 bits per heavy atom. The molecular formula is C16H23ClN2O3.